The molecule has 0 saturated heterocycles. The van der Waals surface area contributed by atoms with Crippen LogP contribution in [0.4, 0.5) is 0 Å². The topological polar surface area (TPSA) is 61.1 Å². The zero-order valence-corrected chi connectivity index (χ0v) is 8.53. The molecule has 0 unspecified atom stereocenters. The zero-order valence-electron chi connectivity index (χ0n) is 7.77. The van der Waals surface area contributed by atoms with E-state index in [0.29, 0.717) is 0 Å². The summed E-state index contributed by atoms with van der Waals surface area (Å²) in [5.74, 6) is -1.29. The monoisotopic (exact) mass is 221 g/mol. The molecular weight excluding hydrogens is 214 g/mol. The molecule has 1 N–H and O–H groups in total. The van der Waals surface area contributed by atoms with Crippen molar-refractivity contribution in [1.82, 2.24) is 0 Å². The number of hydrogen-bond donors (Lipinski definition) is 1. The number of carboxylic acid groups (broad SMARTS) is 1. The van der Waals surface area contributed by atoms with Crippen LogP contribution in [0, 0.1) is 11.3 Å². The van der Waals surface area contributed by atoms with Crippen LogP contribution in [0.3, 0.4) is 0 Å². The summed E-state index contributed by atoms with van der Waals surface area (Å²) < 4.78 is 0. The summed E-state index contributed by atoms with van der Waals surface area (Å²) in [4.78, 5) is 10.6. The van der Waals surface area contributed by atoms with Crippen molar-refractivity contribution in [1.29, 1.82) is 5.26 Å². The largest absolute Gasteiger partial charge is 0.477 e. The molecule has 0 aliphatic rings. The van der Waals surface area contributed by atoms with Crippen LogP contribution in [0.15, 0.2) is 40.9 Å². The van der Waals surface area contributed by atoms with Crippen LogP contribution < -0.4 is 0 Å². The summed E-state index contributed by atoms with van der Waals surface area (Å²) in [7, 11) is 0. The van der Waals surface area contributed by atoms with Crippen molar-refractivity contribution >= 4 is 17.6 Å². The first-order valence-corrected chi connectivity index (χ1v) is 4.59. The van der Waals surface area contributed by atoms with E-state index < -0.39 is 11.5 Å². The Morgan fingerprint density at radius 1 is 1.40 bits per heavy atom. The second-order valence-electron chi connectivity index (χ2n) is 2.86. The minimum Gasteiger partial charge on any atom is -0.477 e. The first-order valence-electron chi connectivity index (χ1n) is 4.21. The van der Waals surface area contributed by atoms with E-state index in [1.54, 1.807) is 6.07 Å². The number of hydrogen-bond acceptors (Lipinski definition) is 2. The van der Waals surface area contributed by atoms with Crippen molar-refractivity contribution in [2.75, 3.05) is 0 Å². The molecule has 1 aromatic rings. The van der Waals surface area contributed by atoms with E-state index in [-0.39, 0.29) is 11.5 Å². The molecule has 0 radical (unpaired) electrons. The van der Waals surface area contributed by atoms with Gasteiger partial charge in [-0.25, -0.2) is 4.79 Å². The van der Waals surface area contributed by atoms with E-state index in [4.69, 9.17) is 22.0 Å². The minimum atomic E-state index is -1.29. The summed E-state index contributed by atoms with van der Waals surface area (Å²) in [5, 5.41) is 17.3. The Balaban J connectivity index is 2.92. The number of carboxylic acids is 1. The molecule has 0 fully saturated rings. The number of nitrogens with zero attached hydrogens (tertiary/aromatic N) is 1. The highest BCUT2D eigenvalue weighted by Crippen LogP contribution is 2.15. The van der Waals surface area contributed by atoms with E-state index >= 15 is 0 Å². The number of carbonyl (C=O) groups is 1. The molecule has 0 saturated carbocycles. The maximum atomic E-state index is 10.6. The Bertz CT molecular complexity index is 432. The molecule has 0 atom stereocenters. The van der Waals surface area contributed by atoms with Crippen LogP contribution in [0.2, 0.25) is 0 Å². The molecule has 0 heterocycles. The average molecular weight is 222 g/mol. The van der Waals surface area contributed by atoms with Crippen molar-refractivity contribution in [2.24, 2.45) is 0 Å². The van der Waals surface area contributed by atoms with Gasteiger partial charge in [-0.2, -0.15) is 5.26 Å². The van der Waals surface area contributed by atoms with Crippen molar-refractivity contribution in [3.05, 3.63) is 46.5 Å². The van der Waals surface area contributed by atoms with Gasteiger partial charge in [0.25, 0.3) is 0 Å². The molecule has 0 aliphatic heterocycles. The number of aliphatic carboxylic acids is 1. The number of halogens is 1. The molecular formula is C11H8ClNO2. The molecule has 0 amide bonds. The maximum Gasteiger partial charge on any atom is 0.347 e. The highest BCUT2D eigenvalue weighted by molar-refractivity contribution is 6.32. The summed E-state index contributed by atoms with van der Waals surface area (Å²) in [6.45, 7) is 0. The fourth-order valence-corrected chi connectivity index (χ4v) is 1.37. The van der Waals surface area contributed by atoms with Crippen LogP contribution in [-0.4, -0.2) is 11.1 Å². The van der Waals surface area contributed by atoms with Crippen molar-refractivity contribution in [3.63, 3.8) is 0 Å². The Morgan fingerprint density at radius 2 is 2.00 bits per heavy atom. The van der Waals surface area contributed by atoms with Gasteiger partial charge in [-0.15, -0.1) is 0 Å². The Hall–Kier alpha value is -1.79. The molecule has 76 valence electrons. The van der Waals surface area contributed by atoms with Crippen LogP contribution in [0.1, 0.15) is 5.56 Å². The molecule has 4 heteroatoms. The van der Waals surface area contributed by atoms with Gasteiger partial charge in [-0.1, -0.05) is 41.9 Å². The maximum absolute atomic E-state index is 10.6. The van der Waals surface area contributed by atoms with Gasteiger partial charge in [0.2, 0.25) is 0 Å². The lowest BCUT2D eigenvalue weighted by atomic mass is 10.1. The lowest BCUT2D eigenvalue weighted by Crippen LogP contribution is -2.01. The lowest BCUT2D eigenvalue weighted by Gasteiger charge is -2.00. The molecule has 0 bridgehead atoms. The van der Waals surface area contributed by atoms with Crippen LogP contribution in [0.5, 0.6) is 0 Å². The van der Waals surface area contributed by atoms with Crippen LogP contribution >= 0.6 is 11.6 Å². The summed E-state index contributed by atoms with van der Waals surface area (Å²) in [6, 6.07) is 10.7. The number of allylic oxidation sites excluding steroid dienone is 1. The van der Waals surface area contributed by atoms with Crippen molar-refractivity contribution < 1.29 is 9.90 Å². The predicted octanol–water partition coefficient (Wildman–Crippen LogP) is 2.33. The third-order valence-corrected chi connectivity index (χ3v) is 2.12. The molecule has 15 heavy (non-hydrogen) atoms. The normalized spacial score (nSPS) is 11.5. The third-order valence-electron chi connectivity index (χ3n) is 1.80. The average Bonchev–Trinajstić information content (AvgIpc) is 2.19. The second kappa shape index (κ2) is 5.18. The second-order valence-corrected chi connectivity index (χ2v) is 3.32. The summed E-state index contributed by atoms with van der Waals surface area (Å²) in [6.07, 6.45) is 0.261. The number of rotatable bonds is 3. The summed E-state index contributed by atoms with van der Waals surface area (Å²) in [5.41, 5.74) is 0.469. The first kappa shape index (κ1) is 11.3. The smallest absolute Gasteiger partial charge is 0.347 e. The Kier molecular flexibility index (Phi) is 3.90. The molecule has 0 aliphatic carbocycles. The van der Waals surface area contributed by atoms with E-state index in [9.17, 15) is 4.79 Å². The zero-order chi connectivity index (χ0) is 11.3. The lowest BCUT2D eigenvalue weighted by molar-refractivity contribution is -0.132. The quantitative estimate of drug-likeness (QED) is 0.630. The van der Waals surface area contributed by atoms with Crippen molar-refractivity contribution in [3.8, 4) is 6.07 Å². The van der Waals surface area contributed by atoms with E-state index in [2.05, 4.69) is 0 Å². The fraction of sp³-hybridized carbons (Fsp3) is 0.0909. The van der Waals surface area contributed by atoms with E-state index in [1.807, 2.05) is 30.3 Å². The van der Waals surface area contributed by atoms with Gasteiger partial charge in [-0.05, 0) is 5.56 Å². The van der Waals surface area contributed by atoms with E-state index in [1.165, 1.54) is 0 Å². The van der Waals surface area contributed by atoms with Gasteiger partial charge in [-0.3, -0.25) is 0 Å². The Morgan fingerprint density at radius 3 is 2.47 bits per heavy atom. The van der Waals surface area contributed by atoms with Gasteiger partial charge in [0.1, 0.15) is 6.07 Å². The summed E-state index contributed by atoms with van der Waals surface area (Å²) >= 11 is 5.75. The number of nitriles is 1. The molecule has 0 spiro atoms. The Labute approximate surface area is 92.2 Å². The third kappa shape index (κ3) is 3.12. The minimum absolute atomic E-state index is 0.0520. The molecule has 1 aromatic carbocycles. The fourth-order valence-electron chi connectivity index (χ4n) is 1.09. The van der Waals surface area contributed by atoms with Gasteiger partial charge >= 0.3 is 5.97 Å². The highest BCUT2D eigenvalue weighted by atomic mass is 35.5. The van der Waals surface area contributed by atoms with Gasteiger partial charge in [0, 0.05) is 11.5 Å². The highest BCUT2D eigenvalue weighted by Gasteiger charge is 2.12. The van der Waals surface area contributed by atoms with Crippen LogP contribution in [-0.2, 0) is 11.2 Å². The SMILES string of the molecule is N#C/C(C(=O)O)=C(\Cl)Cc1ccccc1. The molecule has 0 aromatic heterocycles. The number of benzene rings is 1. The van der Waals surface area contributed by atoms with Gasteiger partial charge in [0.15, 0.2) is 5.57 Å². The predicted molar refractivity (Wildman–Crippen MR) is 56.3 cm³/mol. The molecule has 1 rings (SSSR count). The standard InChI is InChI=1S/C11H8ClNO2/c12-10(9(7-13)11(14)15)6-8-4-2-1-3-5-8/h1-5H,6H2,(H,14,15)/b10-9+. The van der Waals surface area contributed by atoms with Gasteiger partial charge < -0.3 is 5.11 Å². The molecule has 3 nitrogen and oxygen atoms in total. The van der Waals surface area contributed by atoms with Crippen molar-refractivity contribution in [2.45, 2.75) is 6.42 Å². The van der Waals surface area contributed by atoms with Gasteiger partial charge in [0.05, 0.1) is 0 Å². The van der Waals surface area contributed by atoms with E-state index in [0.717, 1.165) is 5.56 Å². The first-order chi connectivity index (χ1) is 7.15. The van der Waals surface area contributed by atoms with Crippen LogP contribution in [0.25, 0.3) is 0 Å².